The lowest BCUT2D eigenvalue weighted by Crippen LogP contribution is -2.44. The number of hydrogen-bond acceptors (Lipinski definition) is 3. The zero-order valence-corrected chi connectivity index (χ0v) is 8.98. The lowest BCUT2D eigenvalue weighted by Gasteiger charge is -2.33. The van der Waals surface area contributed by atoms with Crippen LogP contribution in [0.5, 0.6) is 5.75 Å². The molecule has 0 aromatic heterocycles. The van der Waals surface area contributed by atoms with Crippen LogP contribution in [-0.4, -0.2) is 17.2 Å². The Morgan fingerprint density at radius 2 is 2.20 bits per heavy atom. The highest BCUT2D eigenvalue weighted by Crippen LogP contribution is 2.26. The molecule has 4 N–H and O–H groups in total. The lowest BCUT2D eigenvalue weighted by atomic mass is 9.91. The van der Waals surface area contributed by atoms with E-state index in [-0.39, 0.29) is 12.1 Å². The van der Waals surface area contributed by atoms with E-state index in [4.69, 9.17) is 5.73 Å². The van der Waals surface area contributed by atoms with Crippen LogP contribution in [0, 0.1) is 0 Å². The fourth-order valence-electron chi connectivity index (χ4n) is 2.31. The Labute approximate surface area is 90.3 Å². The van der Waals surface area contributed by atoms with E-state index in [1.807, 2.05) is 18.2 Å². The molecular weight excluding hydrogens is 188 g/mol. The average Bonchev–Trinajstić information content (AvgIpc) is 2.16. The Bertz CT molecular complexity index is 330. The minimum Gasteiger partial charge on any atom is -0.508 e. The van der Waals surface area contributed by atoms with Crippen LogP contribution in [0.15, 0.2) is 24.3 Å². The Kier molecular flexibility index (Phi) is 2.93. The standard InChI is InChI=1S/C12H18N2O/c1-8-5-10(13)7-12(14-8)9-3-2-4-11(15)6-9/h2-4,6,8,10,12,14-15H,5,7,13H2,1H3/t8-,10+,12-/m0/s1. The average molecular weight is 206 g/mol. The molecule has 0 amide bonds. The van der Waals surface area contributed by atoms with E-state index in [1.165, 1.54) is 0 Å². The van der Waals surface area contributed by atoms with Gasteiger partial charge in [-0.15, -0.1) is 0 Å². The number of hydrogen-bond donors (Lipinski definition) is 3. The zero-order chi connectivity index (χ0) is 10.8. The quantitative estimate of drug-likeness (QED) is 0.653. The molecule has 1 aliphatic heterocycles. The molecule has 3 nitrogen and oxygen atoms in total. The first-order valence-corrected chi connectivity index (χ1v) is 5.45. The molecule has 1 saturated heterocycles. The van der Waals surface area contributed by atoms with Crippen LogP contribution >= 0.6 is 0 Å². The molecule has 82 valence electrons. The molecule has 1 aliphatic rings. The number of phenolic OH excluding ortho intramolecular Hbond substituents is 1. The number of phenols is 1. The molecule has 0 bridgehead atoms. The third-order valence-electron chi connectivity index (χ3n) is 2.95. The highest BCUT2D eigenvalue weighted by molar-refractivity contribution is 5.29. The van der Waals surface area contributed by atoms with Gasteiger partial charge in [0, 0.05) is 18.1 Å². The molecule has 0 unspecified atom stereocenters. The molecule has 15 heavy (non-hydrogen) atoms. The van der Waals surface area contributed by atoms with Gasteiger partial charge >= 0.3 is 0 Å². The summed E-state index contributed by atoms with van der Waals surface area (Å²) in [4.78, 5) is 0. The summed E-state index contributed by atoms with van der Waals surface area (Å²) in [5, 5.41) is 12.9. The minimum atomic E-state index is 0.258. The fourth-order valence-corrected chi connectivity index (χ4v) is 2.31. The summed E-state index contributed by atoms with van der Waals surface area (Å²) in [6.07, 6.45) is 1.96. The first-order valence-electron chi connectivity index (χ1n) is 5.45. The van der Waals surface area contributed by atoms with Crippen molar-refractivity contribution in [2.45, 2.75) is 37.9 Å². The first-order chi connectivity index (χ1) is 7.15. The van der Waals surface area contributed by atoms with Gasteiger partial charge in [0.1, 0.15) is 5.75 Å². The van der Waals surface area contributed by atoms with Gasteiger partial charge in [-0.25, -0.2) is 0 Å². The lowest BCUT2D eigenvalue weighted by molar-refractivity contribution is 0.307. The maximum atomic E-state index is 9.42. The predicted octanol–water partition coefficient (Wildman–Crippen LogP) is 1.53. The smallest absolute Gasteiger partial charge is 0.115 e. The molecule has 0 radical (unpaired) electrons. The Morgan fingerprint density at radius 1 is 1.40 bits per heavy atom. The van der Waals surface area contributed by atoms with Crippen molar-refractivity contribution in [3.05, 3.63) is 29.8 Å². The minimum absolute atomic E-state index is 0.258. The molecule has 0 aliphatic carbocycles. The Hall–Kier alpha value is -1.06. The third-order valence-corrected chi connectivity index (χ3v) is 2.95. The number of nitrogens with two attached hydrogens (primary N) is 1. The Morgan fingerprint density at radius 3 is 2.87 bits per heavy atom. The van der Waals surface area contributed by atoms with Crippen molar-refractivity contribution in [3.63, 3.8) is 0 Å². The topological polar surface area (TPSA) is 58.3 Å². The summed E-state index contributed by atoms with van der Waals surface area (Å²) >= 11 is 0. The second kappa shape index (κ2) is 4.21. The SMILES string of the molecule is C[C@H]1C[C@@H](N)C[C@@H](c2cccc(O)c2)N1. The van der Waals surface area contributed by atoms with Crippen molar-refractivity contribution in [1.82, 2.24) is 5.32 Å². The molecule has 3 atom stereocenters. The van der Waals surface area contributed by atoms with Crippen LogP contribution < -0.4 is 11.1 Å². The molecule has 1 aromatic carbocycles. The van der Waals surface area contributed by atoms with Crippen LogP contribution in [0.3, 0.4) is 0 Å². The van der Waals surface area contributed by atoms with Crippen molar-refractivity contribution in [1.29, 1.82) is 0 Å². The van der Waals surface area contributed by atoms with E-state index in [9.17, 15) is 5.11 Å². The molecule has 0 spiro atoms. The summed E-state index contributed by atoms with van der Waals surface area (Å²) in [7, 11) is 0. The van der Waals surface area contributed by atoms with Crippen molar-refractivity contribution in [2.75, 3.05) is 0 Å². The molecule has 1 aromatic rings. The van der Waals surface area contributed by atoms with E-state index < -0.39 is 0 Å². The van der Waals surface area contributed by atoms with Gasteiger partial charge in [-0.05, 0) is 37.5 Å². The van der Waals surface area contributed by atoms with Crippen molar-refractivity contribution in [3.8, 4) is 5.75 Å². The van der Waals surface area contributed by atoms with Crippen molar-refractivity contribution < 1.29 is 5.11 Å². The van der Waals surface area contributed by atoms with E-state index in [0.29, 0.717) is 11.8 Å². The first kappa shape index (κ1) is 10.5. The van der Waals surface area contributed by atoms with Gasteiger partial charge in [0.25, 0.3) is 0 Å². The predicted molar refractivity (Wildman–Crippen MR) is 60.7 cm³/mol. The maximum Gasteiger partial charge on any atom is 0.115 e. The van der Waals surface area contributed by atoms with E-state index in [2.05, 4.69) is 12.2 Å². The highest BCUT2D eigenvalue weighted by atomic mass is 16.3. The van der Waals surface area contributed by atoms with Gasteiger partial charge < -0.3 is 16.2 Å². The third kappa shape index (κ3) is 2.49. The van der Waals surface area contributed by atoms with Gasteiger partial charge in [0.15, 0.2) is 0 Å². The fraction of sp³-hybridized carbons (Fsp3) is 0.500. The van der Waals surface area contributed by atoms with Crippen LogP contribution in [-0.2, 0) is 0 Å². The summed E-state index contributed by atoms with van der Waals surface area (Å²) < 4.78 is 0. The molecule has 3 heteroatoms. The second-order valence-electron chi connectivity index (χ2n) is 4.45. The number of rotatable bonds is 1. The van der Waals surface area contributed by atoms with E-state index in [0.717, 1.165) is 18.4 Å². The highest BCUT2D eigenvalue weighted by Gasteiger charge is 2.24. The molecule has 2 rings (SSSR count). The zero-order valence-electron chi connectivity index (χ0n) is 8.98. The number of benzene rings is 1. The van der Waals surface area contributed by atoms with Gasteiger partial charge in [-0.1, -0.05) is 12.1 Å². The van der Waals surface area contributed by atoms with E-state index in [1.54, 1.807) is 6.07 Å². The van der Waals surface area contributed by atoms with Crippen molar-refractivity contribution in [2.24, 2.45) is 5.73 Å². The van der Waals surface area contributed by atoms with Gasteiger partial charge in [0.2, 0.25) is 0 Å². The Balaban J connectivity index is 2.16. The molecular formula is C12H18N2O. The van der Waals surface area contributed by atoms with Crippen LogP contribution in [0.1, 0.15) is 31.4 Å². The van der Waals surface area contributed by atoms with Crippen molar-refractivity contribution >= 4 is 0 Å². The van der Waals surface area contributed by atoms with E-state index >= 15 is 0 Å². The van der Waals surface area contributed by atoms with Gasteiger partial charge in [-0.2, -0.15) is 0 Å². The summed E-state index contributed by atoms with van der Waals surface area (Å²) in [5.74, 6) is 0.320. The molecule has 0 saturated carbocycles. The summed E-state index contributed by atoms with van der Waals surface area (Å²) in [5.41, 5.74) is 7.11. The molecule has 1 heterocycles. The van der Waals surface area contributed by atoms with Gasteiger partial charge in [-0.3, -0.25) is 0 Å². The number of piperidine rings is 1. The monoisotopic (exact) mass is 206 g/mol. The maximum absolute atomic E-state index is 9.42. The van der Waals surface area contributed by atoms with Crippen LogP contribution in [0.25, 0.3) is 0 Å². The summed E-state index contributed by atoms with van der Waals surface area (Å²) in [6, 6.07) is 8.38. The van der Waals surface area contributed by atoms with Crippen LogP contribution in [0.4, 0.5) is 0 Å². The molecule has 1 fully saturated rings. The summed E-state index contributed by atoms with van der Waals surface area (Å²) in [6.45, 7) is 2.15. The second-order valence-corrected chi connectivity index (χ2v) is 4.45. The number of aromatic hydroxyl groups is 1. The number of nitrogens with one attached hydrogen (secondary N) is 1. The largest absolute Gasteiger partial charge is 0.508 e. The van der Waals surface area contributed by atoms with Crippen LogP contribution in [0.2, 0.25) is 0 Å². The normalized spacial score (nSPS) is 31.5. The van der Waals surface area contributed by atoms with Gasteiger partial charge in [0.05, 0.1) is 0 Å².